The molecule has 1 aromatic carbocycles. The molecule has 1 aliphatic carbocycles. The fourth-order valence-electron chi connectivity index (χ4n) is 3.92. The summed E-state index contributed by atoms with van der Waals surface area (Å²) >= 11 is 0. The van der Waals surface area contributed by atoms with Crippen molar-refractivity contribution in [2.75, 3.05) is 20.8 Å². The number of benzene rings is 1. The average Bonchev–Trinajstić information content (AvgIpc) is 2.74. The Labute approximate surface area is 183 Å². The smallest absolute Gasteiger partial charge is 0.475 e. The summed E-state index contributed by atoms with van der Waals surface area (Å²) in [6.45, 7) is 3.17. The van der Waals surface area contributed by atoms with Gasteiger partial charge in [0.15, 0.2) is 11.5 Å². The Balaban J connectivity index is 2.07. The van der Waals surface area contributed by atoms with E-state index < -0.39 is 37.5 Å². The van der Waals surface area contributed by atoms with Crippen molar-refractivity contribution >= 4 is 18.9 Å². The van der Waals surface area contributed by atoms with Crippen molar-refractivity contribution in [1.29, 1.82) is 0 Å². The van der Waals surface area contributed by atoms with Crippen LogP contribution in [0.15, 0.2) is 12.1 Å². The molecule has 0 saturated carbocycles. The van der Waals surface area contributed by atoms with Crippen LogP contribution in [0.1, 0.15) is 37.8 Å². The zero-order valence-electron chi connectivity index (χ0n) is 18.6. The molecule has 1 aliphatic rings. The molecule has 5 N–H and O–H groups in total. The minimum absolute atomic E-state index is 0.114. The largest absolute Gasteiger partial charge is 0.493 e. The van der Waals surface area contributed by atoms with E-state index in [4.69, 9.17) is 9.47 Å². The van der Waals surface area contributed by atoms with Gasteiger partial charge in [0.25, 0.3) is 0 Å². The summed E-state index contributed by atoms with van der Waals surface area (Å²) in [6, 6.07) is 2.62. The van der Waals surface area contributed by atoms with Crippen LogP contribution in [0.3, 0.4) is 0 Å². The number of nitrogens with one attached hydrogen (secondary N) is 2. The number of methoxy groups -OCH3 is 2. The van der Waals surface area contributed by atoms with Gasteiger partial charge in [0.05, 0.1) is 26.8 Å². The summed E-state index contributed by atoms with van der Waals surface area (Å²) in [5.74, 6) is -0.999. The average molecular weight is 436 g/mol. The molecule has 0 saturated heterocycles. The molecular formula is C21H33BN2O7. The molecule has 2 unspecified atom stereocenters. The molecule has 0 aromatic heterocycles. The van der Waals surface area contributed by atoms with Crippen LogP contribution < -0.4 is 20.1 Å². The molecule has 31 heavy (non-hydrogen) atoms. The van der Waals surface area contributed by atoms with Crippen molar-refractivity contribution in [2.24, 2.45) is 11.8 Å². The lowest BCUT2D eigenvalue weighted by Gasteiger charge is -2.28. The summed E-state index contributed by atoms with van der Waals surface area (Å²) < 4.78 is 10.8. The SMILES string of the molecule is COc1ccc2c(c1OC)CC(C(=O)N[C@@H](CO)C(=O)NC(CC(C)C)B(O)O)CC2. The Hall–Kier alpha value is -2.30. The zero-order chi connectivity index (χ0) is 23.1. The number of aliphatic hydroxyl groups is 1. The summed E-state index contributed by atoms with van der Waals surface area (Å²) in [5.41, 5.74) is 1.99. The summed E-state index contributed by atoms with van der Waals surface area (Å²) in [5, 5.41) is 33.8. The fourth-order valence-corrected chi connectivity index (χ4v) is 3.92. The van der Waals surface area contributed by atoms with Gasteiger partial charge >= 0.3 is 7.12 Å². The Kier molecular flexibility index (Phi) is 9.15. The van der Waals surface area contributed by atoms with Crippen LogP contribution in [0.5, 0.6) is 11.5 Å². The van der Waals surface area contributed by atoms with Crippen LogP contribution in [-0.2, 0) is 22.4 Å². The number of amides is 2. The van der Waals surface area contributed by atoms with Crippen LogP contribution in [0.2, 0.25) is 0 Å². The van der Waals surface area contributed by atoms with E-state index in [1.165, 1.54) is 0 Å². The first-order valence-corrected chi connectivity index (χ1v) is 10.5. The molecule has 1 aromatic rings. The van der Waals surface area contributed by atoms with Gasteiger partial charge in [-0.15, -0.1) is 0 Å². The topological polar surface area (TPSA) is 137 Å². The maximum absolute atomic E-state index is 12.9. The number of aryl methyl sites for hydroxylation is 1. The van der Waals surface area contributed by atoms with E-state index in [2.05, 4.69) is 10.6 Å². The molecule has 0 radical (unpaired) electrons. The van der Waals surface area contributed by atoms with Gasteiger partial charge in [-0.3, -0.25) is 9.59 Å². The third-order valence-electron chi connectivity index (χ3n) is 5.56. The normalized spacial score (nSPS) is 17.4. The van der Waals surface area contributed by atoms with Crippen molar-refractivity contribution in [3.05, 3.63) is 23.3 Å². The molecule has 2 rings (SSSR count). The molecule has 0 heterocycles. The minimum Gasteiger partial charge on any atom is -0.493 e. The van der Waals surface area contributed by atoms with Crippen molar-refractivity contribution in [3.8, 4) is 11.5 Å². The van der Waals surface area contributed by atoms with E-state index in [9.17, 15) is 24.7 Å². The summed E-state index contributed by atoms with van der Waals surface area (Å²) in [7, 11) is 1.37. The van der Waals surface area contributed by atoms with Crippen molar-refractivity contribution < 1.29 is 34.2 Å². The first kappa shape index (κ1) is 25.0. The fraction of sp³-hybridized carbons (Fsp3) is 0.619. The van der Waals surface area contributed by atoms with Crippen LogP contribution in [0.25, 0.3) is 0 Å². The number of carbonyl (C=O) groups is 2. The highest BCUT2D eigenvalue weighted by molar-refractivity contribution is 6.43. The number of fused-ring (bicyclic) bond motifs is 1. The van der Waals surface area contributed by atoms with E-state index in [-0.39, 0.29) is 11.8 Å². The number of ether oxygens (including phenoxy) is 2. The quantitative estimate of drug-likeness (QED) is 0.321. The van der Waals surface area contributed by atoms with Crippen LogP contribution in [0, 0.1) is 11.8 Å². The predicted octanol–water partition coefficient (Wildman–Crippen LogP) is -0.171. The predicted molar refractivity (Wildman–Crippen MR) is 116 cm³/mol. The van der Waals surface area contributed by atoms with E-state index in [0.717, 1.165) is 11.1 Å². The Morgan fingerprint density at radius 2 is 1.90 bits per heavy atom. The lowest BCUT2D eigenvalue weighted by molar-refractivity contribution is -0.132. The van der Waals surface area contributed by atoms with E-state index in [1.807, 2.05) is 26.0 Å². The number of hydrogen-bond donors (Lipinski definition) is 5. The third kappa shape index (κ3) is 6.35. The van der Waals surface area contributed by atoms with Crippen molar-refractivity contribution in [3.63, 3.8) is 0 Å². The van der Waals surface area contributed by atoms with Gasteiger partial charge in [0, 0.05) is 11.5 Å². The highest BCUT2D eigenvalue weighted by Gasteiger charge is 2.33. The first-order chi connectivity index (χ1) is 14.7. The molecule has 3 atom stereocenters. The molecule has 2 amide bonds. The van der Waals surface area contributed by atoms with Crippen LogP contribution >= 0.6 is 0 Å². The van der Waals surface area contributed by atoms with Gasteiger partial charge < -0.3 is 35.3 Å². The maximum atomic E-state index is 12.9. The van der Waals surface area contributed by atoms with Crippen molar-refractivity contribution in [1.82, 2.24) is 10.6 Å². The standard InChI is InChI=1S/C21H33BN2O7/c1-12(2)9-18(22(28)29)24-21(27)16(11-25)23-20(26)14-6-5-13-7-8-17(30-3)19(31-4)15(13)10-14/h7-8,12,14,16,18,25,28-29H,5-6,9-11H2,1-4H3,(H,23,26)(H,24,27)/t14?,16-,18?/m0/s1. The summed E-state index contributed by atoms with van der Waals surface area (Å²) in [4.78, 5) is 25.4. The molecule has 0 bridgehead atoms. The Bertz CT molecular complexity index is 772. The number of carbonyl (C=O) groups excluding carboxylic acids is 2. The van der Waals surface area contributed by atoms with Gasteiger partial charge in [0.1, 0.15) is 6.04 Å². The van der Waals surface area contributed by atoms with E-state index in [0.29, 0.717) is 37.2 Å². The molecular weight excluding hydrogens is 403 g/mol. The monoisotopic (exact) mass is 436 g/mol. The number of aliphatic hydroxyl groups excluding tert-OH is 1. The first-order valence-electron chi connectivity index (χ1n) is 10.5. The lowest BCUT2D eigenvalue weighted by atomic mass is 9.75. The Morgan fingerprint density at radius 3 is 2.45 bits per heavy atom. The lowest BCUT2D eigenvalue weighted by Crippen LogP contribution is -2.56. The second-order valence-corrected chi connectivity index (χ2v) is 8.28. The maximum Gasteiger partial charge on any atom is 0.475 e. The van der Waals surface area contributed by atoms with Crippen molar-refractivity contribution in [2.45, 2.75) is 51.5 Å². The highest BCUT2D eigenvalue weighted by atomic mass is 16.5. The van der Waals surface area contributed by atoms with E-state index >= 15 is 0 Å². The minimum atomic E-state index is -1.74. The third-order valence-corrected chi connectivity index (χ3v) is 5.56. The Morgan fingerprint density at radius 1 is 1.19 bits per heavy atom. The zero-order valence-corrected chi connectivity index (χ0v) is 18.6. The second-order valence-electron chi connectivity index (χ2n) is 8.28. The number of rotatable bonds is 10. The van der Waals surface area contributed by atoms with Gasteiger partial charge in [0.2, 0.25) is 11.8 Å². The molecule has 172 valence electrons. The van der Waals surface area contributed by atoms with Gasteiger partial charge in [-0.05, 0) is 43.2 Å². The van der Waals surface area contributed by atoms with Gasteiger partial charge in [-0.2, -0.15) is 0 Å². The molecule has 0 fully saturated rings. The number of hydrogen-bond acceptors (Lipinski definition) is 7. The van der Waals surface area contributed by atoms with E-state index in [1.54, 1.807) is 14.2 Å². The van der Waals surface area contributed by atoms with Crippen LogP contribution in [-0.4, -0.2) is 66.9 Å². The van der Waals surface area contributed by atoms with Gasteiger partial charge in [-0.1, -0.05) is 19.9 Å². The molecule has 10 heteroatoms. The summed E-state index contributed by atoms with van der Waals surface area (Å²) in [6.07, 6.45) is 2.04. The van der Waals surface area contributed by atoms with Crippen LogP contribution in [0.4, 0.5) is 0 Å². The molecule has 9 nitrogen and oxygen atoms in total. The molecule has 0 aliphatic heterocycles. The van der Waals surface area contributed by atoms with Gasteiger partial charge in [-0.25, -0.2) is 0 Å². The molecule has 0 spiro atoms. The highest BCUT2D eigenvalue weighted by Crippen LogP contribution is 2.38. The second kappa shape index (κ2) is 11.4.